The third kappa shape index (κ3) is 2.34. The van der Waals surface area contributed by atoms with Crippen LogP contribution in [-0.2, 0) is 14.6 Å². The van der Waals surface area contributed by atoms with Crippen LogP contribution in [0, 0.1) is 5.92 Å². The molecule has 0 aromatic rings. The molecule has 86 valence electrons. The molecule has 0 bridgehead atoms. The highest BCUT2D eigenvalue weighted by Gasteiger charge is 2.35. The van der Waals surface area contributed by atoms with Crippen LogP contribution in [0.25, 0.3) is 0 Å². The average Bonchev–Trinajstić information content (AvgIpc) is 2.77. The Balaban J connectivity index is 2.08. The summed E-state index contributed by atoms with van der Waals surface area (Å²) in [5.41, 5.74) is 0. The van der Waals surface area contributed by atoms with Crippen molar-refractivity contribution < 1.29 is 13.2 Å². The monoisotopic (exact) mass is 231 g/mol. The van der Waals surface area contributed by atoms with Crippen LogP contribution in [0.2, 0.25) is 0 Å². The van der Waals surface area contributed by atoms with Gasteiger partial charge in [-0.05, 0) is 25.5 Å². The van der Waals surface area contributed by atoms with Crippen molar-refractivity contribution in [1.82, 2.24) is 5.32 Å². The maximum absolute atomic E-state index is 11.4. The lowest BCUT2D eigenvalue weighted by atomic mass is 9.97. The van der Waals surface area contributed by atoms with Crippen molar-refractivity contribution in [3.05, 3.63) is 11.8 Å². The molecule has 0 amide bonds. The third-order valence-corrected chi connectivity index (χ3v) is 4.88. The van der Waals surface area contributed by atoms with Crippen LogP contribution in [0.5, 0.6) is 0 Å². The standard InChI is InChI=1S/C10H17NO3S/c1-11-10(9-3-2-5-14-9)8-4-6-15(12,13)7-8/h3,8,10-11H,2,4-7H2,1H3. The molecule has 15 heavy (non-hydrogen) atoms. The van der Waals surface area contributed by atoms with Gasteiger partial charge in [-0.15, -0.1) is 0 Å². The van der Waals surface area contributed by atoms with E-state index in [2.05, 4.69) is 11.4 Å². The Morgan fingerprint density at radius 1 is 1.60 bits per heavy atom. The predicted octanol–water partition coefficient (Wildman–Crippen LogP) is 0.313. The summed E-state index contributed by atoms with van der Waals surface area (Å²) in [5.74, 6) is 1.71. The van der Waals surface area contributed by atoms with E-state index in [0.29, 0.717) is 11.5 Å². The molecule has 0 radical (unpaired) electrons. The lowest BCUT2D eigenvalue weighted by molar-refractivity contribution is 0.200. The summed E-state index contributed by atoms with van der Waals surface area (Å²) in [6.45, 7) is 0.729. The number of hydrogen-bond acceptors (Lipinski definition) is 4. The average molecular weight is 231 g/mol. The molecule has 0 aromatic carbocycles. The summed E-state index contributed by atoms with van der Waals surface area (Å²) >= 11 is 0. The van der Waals surface area contributed by atoms with Crippen molar-refractivity contribution in [1.29, 1.82) is 0 Å². The topological polar surface area (TPSA) is 55.4 Å². The zero-order valence-electron chi connectivity index (χ0n) is 8.90. The predicted molar refractivity (Wildman–Crippen MR) is 58.3 cm³/mol. The molecule has 0 spiro atoms. The molecule has 2 rings (SSSR count). The molecule has 2 aliphatic rings. The summed E-state index contributed by atoms with van der Waals surface area (Å²) < 4.78 is 28.3. The highest BCUT2D eigenvalue weighted by Crippen LogP contribution is 2.27. The minimum Gasteiger partial charge on any atom is -0.496 e. The van der Waals surface area contributed by atoms with Gasteiger partial charge in [0.1, 0.15) is 5.76 Å². The first-order valence-electron chi connectivity index (χ1n) is 5.33. The molecule has 0 aliphatic carbocycles. The maximum atomic E-state index is 11.4. The molecule has 1 fully saturated rings. The van der Waals surface area contributed by atoms with Crippen molar-refractivity contribution in [2.75, 3.05) is 25.2 Å². The van der Waals surface area contributed by atoms with Crippen molar-refractivity contribution in [3.8, 4) is 0 Å². The molecule has 1 N–H and O–H groups in total. The van der Waals surface area contributed by atoms with Crippen molar-refractivity contribution >= 4 is 9.84 Å². The second kappa shape index (κ2) is 4.14. The normalized spacial score (nSPS) is 31.0. The van der Waals surface area contributed by atoms with E-state index in [1.165, 1.54) is 0 Å². The summed E-state index contributed by atoms with van der Waals surface area (Å²) in [7, 11) is -0.944. The summed E-state index contributed by atoms with van der Waals surface area (Å²) in [6, 6.07) is 0.0739. The van der Waals surface area contributed by atoms with Gasteiger partial charge in [0.2, 0.25) is 0 Å². The third-order valence-electron chi connectivity index (χ3n) is 3.09. The fraction of sp³-hybridized carbons (Fsp3) is 0.800. The molecule has 4 nitrogen and oxygen atoms in total. The number of nitrogens with one attached hydrogen (secondary N) is 1. The maximum Gasteiger partial charge on any atom is 0.150 e. The highest BCUT2D eigenvalue weighted by molar-refractivity contribution is 7.91. The van der Waals surface area contributed by atoms with E-state index in [9.17, 15) is 8.42 Å². The first-order chi connectivity index (χ1) is 7.12. The van der Waals surface area contributed by atoms with E-state index < -0.39 is 9.84 Å². The Morgan fingerprint density at radius 3 is 2.87 bits per heavy atom. The molecule has 2 unspecified atom stereocenters. The van der Waals surface area contributed by atoms with Crippen LogP contribution in [0.3, 0.4) is 0 Å². The van der Waals surface area contributed by atoms with Gasteiger partial charge >= 0.3 is 0 Å². The quantitative estimate of drug-likeness (QED) is 0.759. The minimum absolute atomic E-state index is 0.0739. The first-order valence-corrected chi connectivity index (χ1v) is 7.15. The first kappa shape index (κ1) is 11.0. The molecular formula is C10H17NO3S. The van der Waals surface area contributed by atoms with Crippen LogP contribution in [0.4, 0.5) is 0 Å². The van der Waals surface area contributed by atoms with Crippen LogP contribution < -0.4 is 5.32 Å². The van der Waals surface area contributed by atoms with Gasteiger partial charge < -0.3 is 10.1 Å². The molecule has 2 aliphatic heterocycles. The Bertz CT molecular complexity index is 361. The molecular weight excluding hydrogens is 214 g/mol. The van der Waals surface area contributed by atoms with Gasteiger partial charge in [-0.2, -0.15) is 0 Å². The summed E-state index contributed by atoms with van der Waals surface area (Å²) in [5, 5.41) is 3.17. The fourth-order valence-corrected chi connectivity index (χ4v) is 4.19. The zero-order valence-corrected chi connectivity index (χ0v) is 9.72. The van der Waals surface area contributed by atoms with Gasteiger partial charge in [0.05, 0.1) is 24.2 Å². The number of sulfone groups is 1. The Hall–Kier alpha value is -0.550. The van der Waals surface area contributed by atoms with Crippen LogP contribution >= 0.6 is 0 Å². The number of hydrogen-bond donors (Lipinski definition) is 1. The molecule has 0 aromatic heterocycles. The number of rotatable bonds is 3. The van der Waals surface area contributed by atoms with E-state index in [4.69, 9.17) is 4.74 Å². The Kier molecular flexibility index (Phi) is 3.02. The number of likely N-dealkylation sites (N-methyl/N-ethyl adjacent to an activating group) is 1. The van der Waals surface area contributed by atoms with E-state index in [1.807, 2.05) is 7.05 Å². The molecule has 0 saturated carbocycles. The molecule has 5 heteroatoms. The van der Waals surface area contributed by atoms with Gasteiger partial charge in [-0.25, -0.2) is 8.42 Å². The number of ether oxygens (including phenoxy) is 1. The second-order valence-corrected chi connectivity index (χ2v) is 6.40. The fourth-order valence-electron chi connectivity index (χ4n) is 2.35. The van der Waals surface area contributed by atoms with E-state index in [1.54, 1.807) is 0 Å². The van der Waals surface area contributed by atoms with Crippen molar-refractivity contribution in [3.63, 3.8) is 0 Å². The zero-order chi connectivity index (χ0) is 10.9. The lowest BCUT2D eigenvalue weighted by Gasteiger charge is -2.22. The molecule has 1 saturated heterocycles. The van der Waals surface area contributed by atoms with Gasteiger partial charge in [-0.3, -0.25) is 0 Å². The Labute approximate surface area is 90.6 Å². The lowest BCUT2D eigenvalue weighted by Crippen LogP contribution is -2.36. The van der Waals surface area contributed by atoms with Gasteiger partial charge in [0.25, 0.3) is 0 Å². The van der Waals surface area contributed by atoms with Gasteiger partial charge in [-0.1, -0.05) is 0 Å². The largest absolute Gasteiger partial charge is 0.496 e. The summed E-state index contributed by atoms with van der Waals surface area (Å²) in [4.78, 5) is 0. The van der Waals surface area contributed by atoms with Gasteiger partial charge in [0, 0.05) is 6.42 Å². The van der Waals surface area contributed by atoms with E-state index >= 15 is 0 Å². The van der Waals surface area contributed by atoms with E-state index in [-0.39, 0.29) is 12.0 Å². The molecule has 2 atom stereocenters. The van der Waals surface area contributed by atoms with Crippen LogP contribution in [-0.4, -0.2) is 39.6 Å². The van der Waals surface area contributed by atoms with Gasteiger partial charge in [0.15, 0.2) is 9.84 Å². The smallest absolute Gasteiger partial charge is 0.150 e. The van der Waals surface area contributed by atoms with Crippen molar-refractivity contribution in [2.45, 2.75) is 18.9 Å². The SMILES string of the molecule is CNC(C1=CCCO1)C1CCS(=O)(=O)C1. The highest BCUT2D eigenvalue weighted by atomic mass is 32.2. The van der Waals surface area contributed by atoms with Crippen LogP contribution in [0.1, 0.15) is 12.8 Å². The van der Waals surface area contributed by atoms with Crippen molar-refractivity contribution in [2.24, 2.45) is 5.92 Å². The van der Waals surface area contributed by atoms with E-state index in [0.717, 1.165) is 25.2 Å². The van der Waals surface area contributed by atoms with Crippen LogP contribution in [0.15, 0.2) is 11.8 Å². The second-order valence-electron chi connectivity index (χ2n) is 4.17. The summed E-state index contributed by atoms with van der Waals surface area (Å²) in [6.07, 6.45) is 3.74. The molecule has 2 heterocycles. The Morgan fingerprint density at radius 2 is 2.40 bits per heavy atom. The minimum atomic E-state index is -2.80.